The highest BCUT2D eigenvalue weighted by molar-refractivity contribution is 5.87. The van der Waals surface area contributed by atoms with Crippen molar-refractivity contribution in [2.75, 3.05) is 6.54 Å². The van der Waals surface area contributed by atoms with Gasteiger partial charge in [-0.05, 0) is 42.3 Å². The van der Waals surface area contributed by atoms with Gasteiger partial charge in [0, 0.05) is 37.5 Å². The number of phenols is 1. The number of phenolic OH excluding ortho intramolecular Hbond substituents is 1. The molecule has 2 heterocycles. The Bertz CT molecular complexity index is 1050. The lowest BCUT2D eigenvalue weighted by atomic mass is 10.1. The number of carbonyl (C=O) groups excluding carboxylic acids is 2. The Morgan fingerprint density at radius 1 is 1.21 bits per heavy atom. The summed E-state index contributed by atoms with van der Waals surface area (Å²) < 4.78 is 1.95. The molecule has 2 amide bonds. The predicted molar refractivity (Wildman–Crippen MR) is 125 cm³/mol. The summed E-state index contributed by atoms with van der Waals surface area (Å²) in [6.07, 6.45) is 5.79. The number of primary amides is 1. The van der Waals surface area contributed by atoms with Gasteiger partial charge in [0.05, 0.1) is 17.9 Å². The Morgan fingerprint density at radius 2 is 2.00 bits per heavy atom. The minimum Gasteiger partial charge on any atom is -0.508 e. The molecule has 0 bridgehead atoms. The van der Waals surface area contributed by atoms with E-state index in [9.17, 15) is 14.7 Å². The summed E-state index contributed by atoms with van der Waals surface area (Å²) in [7, 11) is 0. The summed E-state index contributed by atoms with van der Waals surface area (Å²) in [5, 5.41) is 19.9. The van der Waals surface area contributed by atoms with Crippen molar-refractivity contribution in [3.8, 4) is 17.0 Å². The van der Waals surface area contributed by atoms with Crippen LogP contribution < -0.4 is 16.4 Å². The molecule has 0 aliphatic carbocycles. The first-order valence-electron chi connectivity index (χ1n) is 11.0. The van der Waals surface area contributed by atoms with Crippen LogP contribution in [0.3, 0.4) is 0 Å². The van der Waals surface area contributed by atoms with Gasteiger partial charge in [-0.2, -0.15) is 5.10 Å². The number of unbranched alkanes of at least 4 members (excludes halogenated alkanes) is 1. The third kappa shape index (κ3) is 7.15. The zero-order chi connectivity index (χ0) is 23.6. The summed E-state index contributed by atoms with van der Waals surface area (Å²) in [6, 6.07) is 11.4. The third-order valence-electron chi connectivity index (χ3n) is 5.19. The largest absolute Gasteiger partial charge is 0.508 e. The molecule has 0 saturated heterocycles. The molecule has 0 aliphatic heterocycles. The van der Waals surface area contributed by atoms with Crippen molar-refractivity contribution in [2.24, 2.45) is 5.73 Å². The van der Waals surface area contributed by atoms with E-state index in [1.165, 1.54) is 12.1 Å². The average Bonchev–Trinajstić information content (AvgIpc) is 3.22. The second-order valence-corrected chi connectivity index (χ2v) is 7.84. The van der Waals surface area contributed by atoms with Crippen molar-refractivity contribution < 1.29 is 14.7 Å². The van der Waals surface area contributed by atoms with Gasteiger partial charge in [-0.3, -0.25) is 19.3 Å². The normalized spacial score (nSPS) is 11.8. The molecule has 0 aliphatic rings. The van der Waals surface area contributed by atoms with Crippen molar-refractivity contribution in [1.82, 2.24) is 25.4 Å². The van der Waals surface area contributed by atoms with Crippen molar-refractivity contribution in [3.63, 3.8) is 0 Å². The first-order valence-corrected chi connectivity index (χ1v) is 11.0. The summed E-state index contributed by atoms with van der Waals surface area (Å²) in [4.78, 5) is 28.4. The molecule has 3 aromatic rings. The predicted octanol–water partition coefficient (Wildman–Crippen LogP) is 1.75. The third-order valence-corrected chi connectivity index (χ3v) is 5.19. The number of carbonyl (C=O) groups is 2. The summed E-state index contributed by atoms with van der Waals surface area (Å²) in [5.74, 6) is -0.813. The van der Waals surface area contributed by atoms with Crippen LogP contribution in [-0.4, -0.2) is 44.3 Å². The van der Waals surface area contributed by atoms with Crippen molar-refractivity contribution in [2.45, 2.75) is 45.3 Å². The van der Waals surface area contributed by atoms with Gasteiger partial charge in [0.15, 0.2) is 0 Å². The highest BCUT2D eigenvalue weighted by atomic mass is 16.3. The maximum Gasteiger partial charge on any atom is 0.240 e. The molecule has 9 nitrogen and oxygen atoms in total. The van der Waals surface area contributed by atoms with Crippen LogP contribution in [-0.2, 0) is 29.1 Å². The molecule has 174 valence electrons. The summed E-state index contributed by atoms with van der Waals surface area (Å²) in [5.41, 5.74) is 8.99. The van der Waals surface area contributed by atoms with Gasteiger partial charge < -0.3 is 21.5 Å². The van der Waals surface area contributed by atoms with E-state index in [-0.39, 0.29) is 24.6 Å². The van der Waals surface area contributed by atoms with Crippen LogP contribution in [0.25, 0.3) is 11.3 Å². The SMILES string of the molecule is CCCCn1nc(-c2cccnc2)cc1CNCC(=O)N[C@@H](Cc1ccc(O)cc1)C(N)=O. The number of aromatic hydroxyl groups is 1. The summed E-state index contributed by atoms with van der Waals surface area (Å²) >= 11 is 0. The minimum atomic E-state index is -0.837. The van der Waals surface area contributed by atoms with E-state index in [0.717, 1.165) is 41.9 Å². The molecule has 9 heteroatoms. The van der Waals surface area contributed by atoms with Gasteiger partial charge >= 0.3 is 0 Å². The van der Waals surface area contributed by atoms with E-state index in [2.05, 4.69) is 22.5 Å². The van der Waals surface area contributed by atoms with E-state index in [4.69, 9.17) is 10.8 Å². The second-order valence-electron chi connectivity index (χ2n) is 7.84. The fraction of sp³-hybridized carbons (Fsp3) is 0.333. The van der Waals surface area contributed by atoms with E-state index in [1.54, 1.807) is 24.5 Å². The number of amides is 2. The Kier molecular flexibility index (Phi) is 8.54. The Hall–Kier alpha value is -3.72. The van der Waals surface area contributed by atoms with Gasteiger partial charge in [-0.15, -0.1) is 0 Å². The number of hydrogen-bond acceptors (Lipinski definition) is 6. The number of nitrogens with two attached hydrogens (primary N) is 1. The fourth-order valence-corrected chi connectivity index (χ4v) is 3.39. The Balaban J connectivity index is 1.57. The number of hydrogen-bond donors (Lipinski definition) is 4. The molecular formula is C24H30N6O3. The average molecular weight is 451 g/mol. The first-order chi connectivity index (χ1) is 16.0. The molecule has 0 saturated carbocycles. The Labute approximate surface area is 193 Å². The van der Waals surface area contributed by atoms with Crippen molar-refractivity contribution in [3.05, 3.63) is 66.1 Å². The highest BCUT2D eigenvalue weighted by Crippen LogP contribution is 2.18. The van der Waals surface area contributed by atoms with E-state index < -0.39 is 11.9 Å². The smallest absolute Gasteiger partial charge is 0.240 e. The van der Waals surface area contributed by atoms with Crippen LogP contribution in [0.15, 0.2) is 54.9 Å². The van der Waals surface area contributed by atoms with Crippen molar-refractivity contribution in [1.29, 1.82) is 0 Å². The van der Waals surface area contributed by atoms with E-state index in [0.29, 0.717) is 6.54 Å². The van der Waals surface area contributed by atoms with Gasteiger partial charge in [-0.25, -0.2) is 0 Å². The quantitative estimate of drug-likeness (QED) is 0.332. The molecule has 5 N–H and O–H groups in total. The molecule has 0 spiro atoms. The standard InChI is InChI=1S/C24H30N6O3/c1-2-3-11-30-19(13-21(29-30)18-5-4-10-26-14-18)15-27-16-23(32)28-22(24(25)33)12-17-6-8-20(31)9-7-17/h4-10,13-14,22,27,31H,2-3,11-12,15-16H2,1H3,(H2,25,33)(H,28,32)/t22-/m0/s1. The minimum absolute atomic E-state index is 0.0283. The lowest BCUT2D eigenvalue weighted by molar-refractivity contribution is -0.126. The second kappa shape index (κ2) is 11.8. The number of pyridine rings is 1. The number of aromatic nitrogens is 3. The maximum absolute atomic E-state index is 12.4. The van der Waals surface area contributed by atoms with Crippen LogP contribution in [0.4, 0.5) is 0 Å². The van der Waals surface area contributed by atoms with Crippen LogP contribution >= 0.6 is 0 Å². The fourth-order valence-electron chi connectivity index (χ4n) is 3.39. The lowest BCUT2D eigenvalue weighted by Crippen LogP contribution is -2.48. The molecule has 1 aromatic carbocycles. The zero-order valence-corrected chi connectivity index (χ0v) is 18.7. The monoisotopic (exact) mass is 450 g/mol. The first kappa shape index (κ1) is 23.9. The van der Waals surface area contributed by atoms with Crippen LogP contribution in [0.1, 0.15) is 31.0 Å². The van der Waals surface area contributed by atoms with Gasteiger partial charge in [0.1, 0.15) is 11.8 Å². The topological polar surface area (TPSA) is 135 Å². The van der Waals surface area contributed by atoms with Gasteiger partial charge in [0.25, 0.3) is 0 Å². The van der Waals surface area contributed by atoms with E-state index >= 15 is 0 Å². The number of nitrogens with zero attached hydrogens (tertiary/aromatic N) is 3. The van der Waals surface area contributed by atoms with Crippen molar-refractivity contribution >= 4 is 11.8 Å². The maximum atomic E-state index is 12.4. The van der Waals surface area contributed by atoms with Crippen LogP contribution in [0, 0.1) is 0 Å². The lowest BCUT2D eigenvalue weighted by Gasteiger charge is -2.16. The van der Waals surface area contributed by atoms with E-state index in [1.807, 2.05) is 22.9 Å². The highest BCUT2D eigenvalue weighted by Gasteiger charge is 2.19. The molecule has 0 radical (unpaired) electrons. The molecule has 3 rings (SSSR count). The number of aryl methyl sites for hydroxylation is 1. The van der Waals surface area contributed by atoms with Crippen LogP contribution in [0.2, 0.25) is 0 Å². The molecule has 2 aromatic heterocycles. The zero-order valence-electron chi connectivity index (χ0n) is 18.7. The van der Waals surface area contributed by atoms with Gasteiger partial charge in [-0.1, -0.05) is 25.5 Å². The Morgan fingerprint density at radius 3 is 2.67 bits per heavy atom. The summed E-state index contributed by atoms with van der Waals surface area (Å²) in [6.45, 7) is 3.39. The molecule has 1 atom stereocenters. The van der Waals surface area contributed by atoms with Crippen LogP contribution in [0.5, 0.6) is 5.75 Å². The molecule has 33 heavy (non-hydrogen) atoms. The number of benzene rings is 1. The van der Waals surface area contributed by atoms with Gasteiger partial charge in [0.2, 0.25) is 11.8 Å². The molecule has 0 fully saturated rings. The number of nitrogens with one attached hydrogen (secondary N) is 2. The molecular weight excluding hydrogens is 420 g/mol. The molecule has 0 unspecified atom stereocenters. The number of rotatable bonds is 12.